The van der Waals surface area contributed by atoms with Crippen LogP contribution in [-0.2, 0) is 13.0 Å². The van der Waals surface area contributed by atoms with E-state index in [9.17, 15) is 4.39 Å². The van der Waals surface area contributed by atoms with Crippen molar-refractivity contribution < 1.29 is 13.9 Å². The summed E-state index contributed by atoms with van der Waals surface area (Å²) in [5.41, 5.74) is 1.90. The summed E-state index contributed by atoms with van der Waals surface area (Å²) in [6, 6.07) is 12.2. The summed E-state index contributed by atoms with van der Waals surface area (Å²) in [7, 11) is 3.22. The summed E-state index contributed by atoms with van der Waals surface area (Å²) < 4.78 is 25.4. The molecule has 2 aromatic carbocycles. The predicted octanol–water partition coefficient (Wildman–Crippen LogP) is 3.01. The van der Waals surface area contributed by atoms with Gasteiger partial charge >= 0.3 is 0 Å². The zero-order valence-corrected chi connectivity index (χ0v) is 17.0. The Morgan fingerprint density at radius 3 is 2.69 bits per heavy atom. The molecule has 9 heteroatoms. The van der Waals surface area contributed by atoms with Crippen molar-refractivity contribution in [3.05, 3.63) is 65.7 Å². The van der Waals surface area contributed by atoms with Crippen molar-refractivity contribution in [2.45, 2.75) is 13.0 Å². The molecular weight excluding hydrogens is 393 g/mol. The highest BCUT2D eigenvalue weighted by molar-refractivity contribution is 7.80. The van der Waals surface area contributed by atoms with Crippen molar-refractivity contribution in [1.82, 2.24) is 20.1 Å². The lowest BCUT2D eigenvalue weighted by molar-refractivity contribution is 0.354. The zero-order chi connectivity index (χ0) is 20.6. The molecule has 0 atom stereocenters. The van der Waals surface area contributed by atoms with Gasteiger partial charge in [-0.05, 0) is 54.0 Å². The molecule has 0 amide bonds. The number of hydrogen-bond donors (Lipinski definition) is 2. The Bertz CT molecular complexity index is 979. The van der Waals surface area contributed by atoms with E-state index in [1.165, 1.54) is 12.1 Å². The van der Waals surface area contributed by atoms with Crippen LogP contribution in [0.3, 0.4) is 0 Å². The van der Waals surface area contributed by atoms with Gasteiger partial charge in [0.15, 0.2) is 16.6 Å². The molecule has 0 saturated heterocycles. The third-order valence-electron chi connectivity index (χ3n) is 4.14. The molecule has 0 aliphatic rings. The van der Waals surface area contributed by atoms with Gasteiger partial charge < -0.3 is 14.8 Å². The van der Waals surface area contributed by atoms with E-state index in [1.807, 2.05) is 24.3 Å². The Labute approximate surface area is 173 Å². The second kappa shape index (κ2) is 9.83. The van der Waals surface area contributed by atoms with Crippen molar-refractivity contribution in [3.8, 4) is 11.5 Å². The lowest BCUT2D eigenvalue weighted by atomic mass is 10.1. The highest BCUT2D eigenvalue weighted by Crippen LogP contribution is 2.27. The molecule has 0 aliphatic carbocycles. The molecule has 0 fully saturated rings. The maximum absolute atomic E-state index is 13.3. The molecule has 152 valence electrons. The third kappa shape index (κ3) is 5.89. The van der Waals surface area contributed by atoms with E-state index in [0.29, 0.717) is 35.6 Å². The van der Waals surface area contributed by atoms with Crippen LogP contribution in [0.4, 0.5) is 10.3 Å². The number of halogens is 1. The number of benzene rings is 2. The van der Waals surface area contributed by atoms with E-state index in [0.717, 1.165) is 17.5 Å². The largest absolute Gasteiger partial charge is 0.493 e. The summed E-state index contributed by atoms with van der Waals surface area (Å²) in [5.74, 6) is 1.49. The number of thiocarbonyl (C=S) groups is 1. The molecule has 7 nitrogen and oxygen atoms in total. The third-order valence-corrected chi connectivity index (χ3v) is 4.39. The fourth-order valence-electron chi connectivity index (χ4n) is 2.75. The molecule has 2 N–H and O–H groups in total. The number of hydrogen-bond acceptors (Lipinski definition) is 5. The van der Waals surface area contributed by atoms with Crippen LogP contribution in [0, 0.1) is 5.82 Å². The van der Waals surface area contributed by atoms with Gasteiger partial charge in [-0.3, -0.25) is 5.32 Å². The lowest BCUT2D eigenvalue weighted by Gasteiger charge is -2.11. The summed E-state index contributed by atoms with van der Waals surface area (Å²) in [6.45, 7) is 1.05. The Morgan fingerprint density at radius 1 is 1.10 bits per heavy atom. The molecule has 29 heavy (non-hydrogen) atoms. The van der Waals surface area contributed by atoms with Crippen molar-refractivity contribution in [1.29, 1.82) is 0 Å². The van der Waals surface area contributed by atoms with Crippen molar-refractivity contribution in [2.75, 3.05) is 26.1 Å². The Kier molecular flexibility index (Phi) is 6.96. The zero-order valence-electron chi connectivity index (χ0n) is 16.2. The minimum atomic E-state index is -0.277. The normalized spacial score (nSPS) is 10.4. The molecule has 3 aromatic rings. The quantitative estimate of drug-likeness (QED) is 0.548. The van der Waals surface area contributed by atoms with Gasteiger partial charge in [0.2, 0.25) is 5.95 Å². The lowest BCUT2D eigenvalue weighted by Crippen LogP contribution is -2.30. The first-order valence-corrected chi connectivity index (χ1v) is 9.38. The number of anilines is 1. The van der Waals surface area contributed by atoms with E-state index >= 15 is 0 Å². The Morgan fingerprint density at radius 2 is 1.93 bits per heavy atom. The topological polar surface area (TPSA) is 73.2 Å². The number of methoxy groups -OCH3 is 2. The van der Waals surface area contributed by atoms with Crippen LogP contribution < -0.4 is 20.1 Å². The molecule has 0 bridgehead atoms. The second-order valence-corrected chi connectivity index (χ2v) is 6.62. The first kappa shape index (κ1) is 20.5. The monoisotopic (exact) mass is 415 g/mol. The van der Waals surface area contributed by atoms with Gasteiger partial charge in [-0.15, -0.1) is 5.10 Å². The van der Waals surface area contributed by atoms with Crippen molar-refractivity contribution in [3.63, 3.8) is 0 Å². The summed E-state index contributed by atoms with van der Waals surface area (Å²) >= 11 is 5.29. The summed E-state index contributed by atoms with van der Waals surface area (Å²) in [6.07, 6.45) is 2.32. The van der Waals surface area contributed by atoms with E-state index < -0.39 is 0 Å². The van der Waals surface area contributed by atoms with Crippen molar-refractivity contribution in [2.24, 2.45) is 0 Å². The van der Waals surface area contributed by atoms with E-state index in [-0.39, 0.29) is 5.82 Å². The fraction of sp³-hybridized carbons (Fsp3) is 0.250. The van der Waals surface area contributed by atoms with Crippen LogP contribution >= 0.6 is 12.2 Å². The maximum Gasteiger partial charge on any atom is 0.248 e. The molecule has 1 heterocycles. The maximum atomic E-state index is 13.3. The molecule has 0 aliphatic heterocycles. The fourth-order valence-corrected chi connectivity index (χ4v) is 2.95. The van der Waals surface area contributed by atoms with Crippen LogP contribution in [0.15, 0.2) is 48.8 Å². The Balaban J connectivity index is 1.47. The smallest absolute Gasteiger partial charge is 0.248 e. The molecule has 3 rings (SSSR count). The van der Waals surface area contributed by atoms with Gasteiger partial charge in [0, 0.05) is 6.54 Å². The number of aromatic nitrogens is 3. The Hall–Kier alpha value is -3.20. The van der Waals surface area contributed by atoms with Gasteiger partial charge in [-0.1, -0.05) is 18.2 Å². The number of rotatable bonds is 8. The highest BCUT2D eigenvalue weighted by atomic mass is 32.1. The average molecular weight is 415 g/mol. The molecule has 1 aromatic heterocycles. The number of nitrogens with one attached hydrogen (secondary N) is 2. The van der Waals surface area contributed by atoms with Gasteiger partial charge in [-0.25, -0.2) is 14.1 Å². The molecule has 0 unspecified atom stereocenters. The number of ether oxygens (including phenoxy) is 2. The molecular formula is C20H22FN5O2S. The van der Waals surface area contributed by atoms with Crippen LogP contribution in [0.1, 0.15) is 11.1 Å². The average Bonchev–Trinajstić information content (AvgIpc) is 3.14. The van der Waals surface area contributed by atoms with Gasteiger partial charge in [0.25, 0.3) is 0 Å². The van der Waals surface area contributed by atoms with E-state index in [2.05, 4.69) is 20.7 Å². The standard InChI is InChI=1S/C20H22FN5O2S/c1-27-17-7-6-14(11-18(17)28-2)8-9-22-20(29)24-19-23-13-26(25-19)12-15-4-3-5-16(21)10-15/h3-7,10-11,13H,8-9,12H2,1-2H3,(H2,22,24,25,29). The highest BCUT2D eigenvalue weighted by Gasteiger charge is 2.06. The van der Waals surface area contributed by atoms with E-state index in [1.54, 1.807) is 31.3 Å². The predicted molar refractivity (Wildman–Crippen MR) is 113 cm³/mol. The van der Waals surface area contributed by atoms with Gasteiger partial charge in [-0.2, -0.15) is 0 Å². The van der Waals surface area contributed by atoms with Gasteiger partial charge in [0.05, 0.1) is 20.8 Å². The first-order valence-electron chi connectivity index (χ1n) is 8.97. The van der Waals surface area contributed by atoms with Crippen molar-refractivity contribution >= 4 is 23.3 Å². The second-order valence-electron chi connectivity index (χ2n) is 6.22. The SMILES string of the molecule is COc1ccc(CCNC(=S)Nc2ncn(Cc3cccc(F)c3)n2)cc1OC. The number of nitrogens with zero attached hydrogens (tertiary/aromatic N) is 3. The molecule has 0 radical (unpaired) electrons. The minimum absolute atomic E-state index is 0.277. The van der Waals surface area contributed by atoms with Crippen LogP contribution in [0.5, 0.6) is 11.5 Å². The van der Waals surface area contributed by atoms with Crippen LogP contribution in [0.2, 0.25) is 0 Å². The molecule has 0 spiro atoms. The molecule has 0 saturated carbocycles. The summed E-state index contributed by atoms with van der Waals surface area (Å²) in [4.78, 5) is 4.17. The van der Waals surface area contributed by atoms with Crippen LogP contribution in [0.25, 0.3) is 0 Å². The van der Waals surface area contributed by atoms with E-state index in [4.69, 9.17) is 21.7 Å². The first-order chi connectivity index (χ1) is 14.1. The minimum Gasteiger partial charge on any atom is -0.493 e. The summed E-state index contributed by atoms with van der Waals surface area (Å²) in [5, 5.41) is 10.8. The van der Waals surface area contributed by atoms with Gasteiger partial charge in [0.1, 0.15) is 12.1 Å². The van der Waals surface area contributed by atoms with Crippen LogP contribution in [-0.4, -0.2) is 40.6 Å².